The number of hydrogen-bond donors (Lipinski definition) is 0. The molecule has 0 heterocycles. The second-order valence-corrected chi connectivity index (χ2v) is 8.34. The summed E-state index contributed by atoms with van der Waals surface area (Å²) in [6.07, 6.45) is 4.52. The molecule has 0 radical (unpaired) electrons. The second-order valence-electron chi connectivity index (χ2n) is 8.34. The number of quaternary nitrogens is 1. The Balaban J connectivity index is 2.51. The van der Waals surface area contributed by atoms with E-state index in [1.54, 1.807) is 18.2 Å². The fraction of sp³-hybridized carbons (Fsp3) is 0.524. The molecular weight excluding hydrogens is 330 g/mol. The number of rotatable bonds is 8. The zero-order chi connectivity index (χ0) is 19.8. The van der Waals surface area contributed by atoms with Crippen molar-refractivity contribution in [2.75, 3.05) is 34.3 Å². The first-order valence-corrected chi connectivity index (χ1v) is 8.92. The summed E-state index contributed by atoms with van der Waals surface area (Å²) in [5.41, 5.74) is 0.959. The molecule has 5 heteroatoms. The summed E-state index contributed by atoms with van der Waals surface area (Å²) in [4.78, 5) is 23.8. The molecule has 0 aliphatic rings. The van der Waals surface area contributed by atoms with Gasteiger partial charge in [0.15, 0.2) is 0 Å². The molecule has 1 rings (SSSR count). The molecule has 0 N–H and O–H groups in total. The van der Waals surface area contributed by atoms with Crippen molar-refractivity contribution < 1.29 is 23.5 Å². The quantitative estimate of drug-likeness (QED) is 0.308. The Kier molecular flexibility index (Phi) is 8.03. The molecule has 0 fully saturated rings. The Labute approximate surface area is 157 Å². The molecule has 1 aromatic carbocycles. The van der Waals surface area contributed by atoms with Crippen molar-refractivity contribution in [2.45, 2.75) is 39.2 Å². The lowest BCUT2D eigenvalue weighted by molar-refractivity contribution is -0.870. The second kappa shape index (κ2) is 9.53. The highest BCUT2D eigenvalue weighted by atomic mass is 16.6. The van der Waals surface area contributed by atoms with Gasteiger partial charge in [0.25, 0.3) is 0 Å². The smallest absolute Gasteiger partial charge is 0.338 e. The summed E-state index contributed by atoms with van der Waals surface area (Å²) in [7, 11) is 6.32. The van der Waals surface area contributed by atoms with Crippen LogP contribution in [0, 0.1) is 0 Å². The summed E-state index contributed by atoms with van der Waals surface area (Å²) in [6.45, 7) is 6.84. The topological polar surface area (TPSA) is 52.6 Å². The minimum atomic E-state index is -0.503. The van der Waals surface area contributed by atoms with Crippen LogP contribution in [0.5, 0.6) is 0 Å². The number of benzene rings is 1. The van der Waals surface area contributed by atoms with Gasteiger partial charge in [-0.15, -0.1) is 0 Å². The van der Waals surface area contributed by atoms with E-state index < -0.39 is 5.60 Å². The van der Waals surface area contributed by atoms with Gasteiger partial charge < -0.3 is 14.0 Å². The van der Waals surface area contributed by atoms with Crippen LogP contribution in [0.25, 0.3) is 0 Å². The summed E-state index contributed by atoms with van der Waals surface area (Å²) in [5.74, 6) is -0.685. The lowest BCUT2D eigenvalue weighted by atomic mass is 10.1. The average Bonchev–Trinajstić information content (AvgIpc) is 2.49. The fourth-order valence-electron chi connectivity index (χ4n) is 2.24. The van der Waals surface area contributed by atoms with Crippen LogP contribution in [0.3, 0.4) is 0 Å². The predicted octanol–water partition coefficient (Wildman–Crippen LogP) is 3.38. The van der Waals surface area contributed by atoms with Gasteiger partial charge in [-0.1, -0.05) is 18.2 Å². The summed E-state index contributed by atoms with van der Waals surface area (Å²) in [6, 6.07) is 7.26. The van der Waals surface area contributed by atoms with Crippen molar-refractivity contribution in [1.29, 1.82) is 0 Å². The van der Waals surface area contributed by atoms with Crippen LogP contribution in [0.4, 0.5) is 0 Å². The number of ether oxygens (including phenoxy) is 2. The number of nitrogens with zero attached hydrogens (tertiary/aromatic N) is 1. The van der Waals surface area contributed by atoms with Crippen LogP contribution < -0.4 is 0 Å². The van der Waals surface area contributed by atoms with Crippen molar-refractivity contribution in [3.8, 4) is 0 Å². The normalized spacial score (nSPS) is 12.2. The SMILES string of the molecule is CC(C)(C)OC(=O)/C=C/Cc1cccc(C(=O)OCCC[N+](C)(C)C)c1. The van der Waals surface area contributed by atoms with Crippen LogP contribution in [0.15, 0.2) is 36.4 Å². The molecule has 0 saturated heterocycles. The highest BCUT2D eigenvalue weighted by molar-refractivity contribution is 5.89. The Hall–Kier alpha value is -2.14. The van der Waals surface area contributed by atoms with Crippen molar-refractivity contribution in [1.82, 2.24) is 0 Å². The molecule has 0 aliphatic carbocycles. The van der Waals surface area contributed by atoms with Gasteiger partial charge in [0.2, 0.25) is 0 Å². The molecule has 0 aliphatic heterocycles. The molecule has 0 amide bonds. The van der Waals surface area contributed by atoms with Gasteiger partial charge in [0.05, 0.1) is 39.9 Å². The predicted molar refractivity (Wildman–Crippen MR) is 103 cm³/mol. The lowest BCUT2D eigenvalue weighted by Crippen LogP contribution is -2.35. The minimum Gasteiger partial charge on any atom is -0.462 e. The zero-order valence-electron chi connectivity index (χ0n) is 16.9. The average molecular weight is 362 g/mol. The van der Waals surface area contributed by atoms with Crippen LogP contribution >= 0.6 is 0 Å². The number of esters is 2. The van der Waals surface area contributed by atoms with Crippen molar-refractivity contribution in [3.63, 3.8) is 0 Å². The summed E-state index contributed by atoms with van der Waals surface area (Å²) < 4.78 is 11.4. The lowest BCUT2D eigenvalue weighted by Gasteiger charge is -2.23. The van der Waals surface area contributed by atoms with Crippen molar-refractivity contribution in [3.05, 3.63) is 47.5 Å². The maximum absolute atomic E-state index is 12.1. The highest BCUT2D eigenvalue weighted by Crippen LogP contribution is 2.10. The van der Waals surface area contributed by atoms with E-state index in [0.29, 0.717) is 18.6 Å². The Morgan fingerprint density at radius 2 is 1.85 bits per heavy atom. The van der Waals surface area contributed by atoms with Crippen LogP contribution in [-0.2, 0) is 20.7 Å². The largest absolute Gasteiger partial charge is 0.462 e. The number of allylic oxidation sites excluding steroid dienone is 1. The molecule has 0 saturated carbocycles. The van der Waals surface area contributed by atoms with E-state index in [4.69, 9.17) is 9.47 Å². The van der Waals surface area contributed by atoms with E-state index in [-0.39, 0.29) is 11.9 Å². The first-order valence-electron chi connectivity index (χ1n) is 8.92. The van der Waals surface area contributed by atoms with Gasteiger partial charge in [-0.3, -0.25) is 0 Å². The third-order valence-electron chi connectivity index (χ3n) is 3.38. The Bertz CT molecular complexity index is 636. The van der Waals surface area contributed by atoms with Gasteiger partial charge in [-0.2, -0.15) is 0 Å². The molecule has 0 atom stereocenters. The third-order valence-corrected chi connectivity index (χ3v) is 3.38. The molecule has 0 spiro atoms. The van der Waals surface area contributed by atoms with Crippen LogP contribution in [0.2, 0.25) is 0 Å². The van der Waals surface area contributed by atoms with E-state index in [9.17, 15) is 9.59 Å². The molecule has 0 bridgehead atoms. The van der Waals surface area contributed by atoms with Gasteiger partial charge in [-0.25, -0.2) is 9.59 Å². The molecule has 5 nitrogen and oxygen atoms in total. The Morgan fingerprint density at radius 1 is 1.15 bits per heavy atom. The monoisotopic (exact) mass is 362 g/mol. The summed E-state index contributed by atoms with van der Waals surface area (Å²) in [5, 5.41) is 0. The third kappa shape index (κ3) is 9.99. The maximum atomic E-state index is 12.1. The van der Waals surface area contributed by atoms with E-state index in [2.05, 4.69) is 21.1 Å². The molecule has 0 unspecified atom stereocenters. The first kappa shape index (κ1) is 21.9. The van der Waals surface area contributed by atoms with E-state index in [1.165, 1.54) is 6.08 Å². The molecule has 1 aromatic rings. The Morgan fingerprint density at radius 3 is 2.46 bits per heavy atom. The fourth-order valence-corrected chi connectivity index (χ4v) is 2.24. The van der Waals surface area contributed by atoms with E-state index >= 15 is 0 Å². The first-order chi connectivity index (χ1) is 12.0. The van der Waals surface area contributed by atoms with Crippen molar-refractivity contribution in [2.24, 2.45) is 0 Å². The summed E-state index contributed by atoms with van der Waals surface area (Å²) >= 11 is 0. The number of hydrogen-bond acceptors (Lipinski definition) is 4. The molecular formula is C21H32NO4+. The number of carbonyl (C=O) groups is 2. The molecule has 0 aromatic heterocycles. The van der Waals surface area contributed by atoms with E-state index in [1.807, 2.05) is 32.9 Å². The van der Waals surface area contributed by atoms with Gasteiger partial charge in [0.1, 0.15) is 5.60 Å². The van der Waals surface area contributed by atoms with Crippen LogP contribution in [-0.4, -0.2) is 56.3 Å². The number of carbonyl (C=O) groups excluding carboxylic acids is 2. The van der Waals surface area contributed by atoms with Gasteiger partial charge in [0, 0.05) is 12.5 Å². The maximum Gasteiger partial charge on any atom is 0.338 e. The van der Waals surface area contributed by atoms with Crippen molar-refractivity contribution >= 4 is 11.9 Å². The minimum absolute atomic E-state index is 0.315. The molecule has 144 valence electrons. The highest BCUT2D eigenvalue weighted by Gasteiger charge is 2.14. The van der Waals surface area contributed by atoms with Gasteiger partial charge >= 0.3 is 11.9 Å². The molecule has 26 heavy (non-hydrogen) atoms. The van der Waals surface area contributed by atoms with E-state index in [0.717, 1.165) is 23.0 Å². The van der Waals surface area contributed by atoms with Gasteiger partial charge in [-0.05, 0) is 44.9 Å². The zero-order valence-corrected chi connectivity index (χ0v) is 16.9. The standard InChI is InChI=1S/C21H32NO4/c1-21(2,3)26-19(23)13-8-11-17-10-7-12-18(16-17)20(24)25-15-9-14-22(4,5)6/h7-8,10,12-13,16H,9,11,14-15H2,1-6H3/q+1/b13-8+. The van der Waals surface area contributed by atoms with Crippen LogP contribution in [0.1, 0.15) is 43.1 Å².